The number of imide groups is 1. The fraction of sp³-hybridized carbons (Fsp3) is 0.231. The summed E-state index contributed by atoms with van der Waals surface area (Å²) in [6.07, 6.45) is 0.704. The number of anilines is 2. The number of nitro benzene ring substituents is 1. The van der Waals surface area contributed by atoms with Gasteiger partial charge in [0.1, 0.15) is 5.69 Å². The quantitative estimate of drug-likeness (QED) is 0.230. The van der Waals surface area contributed by atoms with E-state index >= 15 is 0 Å². The SMILES string of the molecule is CN(C)c1cc(N2CCc3ccccc3C2CN2C(=O)c3ccccc3C2=O)c2nonc2c1[N+](=O)[O-]. The van der Waals surface area contributed by atoms with Crippen LogP contribution in [0, 0.1) is 10.1 Å². The second-order valence-corrected chi connectivity index (χ2v) is 9.30. The predicted molar refractivity (Wildman–Crippen MR) is 135 cm³/mol. The van der Waals surface area contributed by atoms with Gasteiger partial charge in [-0.15, -0.1) is 0 Å². The molecule has 2 amide bonds. The van der Waals surface area contributed by atoms with Crippen molar-refractivity contribution < 1.29 is 19.1 Å². The van der Waals surface area contributed by atoms with Gasteiger partial charge < -0.3 is 9.80 Å². The van der Waals surface area contributed by atoms with Crippen LogP contribution in [0.25, 0.3) is 11.0 Å². The Hall–Kier alpha value is -4.80. The standard InChI is InChI=1S/C26H22N6O5/c1-29(2)20-13-19(22-23(28-37-27-22)24(20)32(35)36)30-12-11-15-7-3-4-8-16(15)21(30)14-31-25(33)17-9-5-6-10-18(17)26(31)34/h3-10,13,21H,11-12,14H2,1-2H3. The minimum atomic E-state index is -0.493. The van der Waals surface area contributed by atoms with Crippen LogP contribution in [0.15, 0.2) is 59.2 Å². The first-order valence-electron chi connectivity index (χ1n) is 11.8. The fourth-order valence-electron chi connectivity index (χ4n) is 5.35. The van der Waals surface area contributed by atoms with Crippen LogP contribution in [-0.2, 0) is 6.42 Å². The number of carbonyl (C=O) groups is 2. The molecule has 1 aromatic heterocycles. The van der Waals surface area contributed by atoms with Crippen molar-refractivity contribution in [3.63, 3.8) is 0 Å². The molecule has 0 bridgehead atoms. The Labute approximate surface area is 211 Å². The first-order valence-corrected chi connectivity index (χ1v) is 11.8. The summed E-state index contributed by atoms with van der Waals surface area (Å²) in [5, 5.41) is 19.8. The van der Waals surface area contributed by atoms with E-state index in [0.717, 1.165) is 11.1 Å². The van der Waals surface area contributed by atoms with E-state index in [1.54, 1.807) is 49.3 Å². The minimum Gasteiger partial charge on any atom is -0.372 e. The van der Waals surface area contributed by atoms with Crippen LogP contribution < -0.4 is 9.80 Å². The normalized spacial score (nSPS) is 16.8. The predicted octanol–water partition coefficient (Wildman–Crippen LogP) is 3.60. The van der Waals surface area contributed by atoms with Crippen molar-refractivity contribution in [2.45, 2.75) is 12.5 Å². The van der Waals surface area contributed by atoms with Gasteiger partial charge >= 0.3 is 5.69 Å². The van der Waals surface area contributed by atoms with E-state index in [2.05, 4.69) is 10.3 Å². The smallest absolute Gasteiger partial charge is 0.323 e. The van der Waals surface area contributed by atoms with Crippen LogP contribution >= 0.6 is 0 Å². The van der Waals surface area contributed by atoms with Gasteiger partial charge in [0.2, 0.25) is 5.52 Å². The molecule has 3 aromatic carbocycles. The van der Waals surface area contributed by atoms with Crippen molar-refractivity contribution in [2.24, 2.45) is 0 Å². The zero-order valence-electron chi connectivity index (χ0n) is 20.1. The van der Waals surface area contributed by atoms with Crippen LogP contribution in [0.4, 0.5) is 17.1 Å². The Morgan fingerprint density at radius 3 is 2.35 bits per heavy atom. The molecule has 4 aromatic rings. The van der Waals surface area contributed by atoms with Crippen LogP contribution in [0.1, 0.15) is 37.9 Å². The van der Waals surface area contributed by atoms with E-state index in [-0.39, 0.29) is 35.1 Å². The maximum Gasteiger partial charge on any atom is 0.323 e. The molecular formula is C26H22N6O5. The first kappa shape index (κ1) is 22.7. The molecule has 3 heterocycles. The molecular weight excluding hydrogens is 476 g/mol. The maximum absolute atomic E-state index is 13.2. The number of hydrogen-bond acceptors (Lipinski definition) is 9. The Morgan fingerprint density at radius 1 is 1.03 bits per heavy atom. The summed E-state index contributed by atoms with van der Waals surface area (Å²) in [4.78, 5) is 42.9. The molecule has 1 unspecified atom stereocenters. The first-order chi connectivity index (χ1) is 17.9. The van der Waals surface area contributed by atoms with Gasteiger partial charge in [-0.1, -0.05) is 36.4 Å². The lowest BCUT2D eigenvalue weighted by molar-refractivity contribution is -0.382. The molecule has 11 nitrogen and oxygen atoms in total. The molecule has 0 spiro atoms. The third kappa shape index (κ3) is 3.42. The van der Waals surface area contributed by atoms with Crippen LogP contribution in [0.3, 0.4) is 0 Å². The summed E-state index contributed by atoms with van der Waals surface area (Å²) in [6, 6.07) is 16.0. The summed E-state index contributed by atoms with van der Waals surface area (Å²) in [6.45, 7) is 0.641. The van der Waals surface area contributed by atoms with Gasteiger partial charge in [-0.2, -0.15) is 0 Å². The van der Waals surface area contributed by atoms with Gasteiger partial charge in [-0.05, 0) is 46.1 Å². The van der Waals surface area contributed by atoms with Gasteiger partial charge in [0.25, 0.3) is 11.8 Å². The molecule has 0 aliphatic carbocycles. The van der Waals surface area contributed by atoms with Gasteiger partial charge in [0, 0.05) is 20.6 Å². The molecule has 11 heteroatoms. The topological polar surface area (TPSA) is 126 Å². The number of amides is 2. The number of hydrogen-bond donors (Lipinski definition) is 0. The highest BCUT2D eigenvalue weighted by Crippen LogP contribution is 2.44. The average Bonchev–Trinajstić information content (AvgIpc) is 3.47. The highest BCUT2D eigenvalue weighted by atomic mass is 16.6. The molecule has 6 rings (SSSR count). The van der Waals surface area contributed by atoms with Crippen molar-refractivity contribution in [1.82, 2.24) is 15.2 Å². The highest BCUT2D eigenvalue weighted by molar-refractivity contribution is 6.21. The van der Waals surface area contributed by atoms with E-state index < -0.39 is 11.0 Å². The van der Waals surface area contributed by atoms with E-state index in [1.807, 2.05) is 29.2 Å². The number of rotatable bonds is 5. The van der Waals surface area contributed by atoms with Gasteiger partial charge in [0.05, 0.1) is 34.3 Å². The Morgan fingerprint density at radius 2 is 1.68 bits per heavy atom. The number of benzene rings is 3. The van der Waals surface area contributed by atoms with Gasteiger partial charge in [0.15, 0.2) is 5.52 Å². The summed E-state index contributed by atoms with van der Waals surface area (Å²) in [5.74, 6) is -0.677. The number of nitrogens with zero attached hydrogens (tertiary/aromatic N) is 6. The largest absolute Gasteiger partial charge is 0.372 e. The van der Waals surface area contributed by atoms with E-state index in [9.17, 15) is 19.7 Å². The molecule has 2 aliphatic rings. The van der Waals surface area contributed by atoms with E-state index in [4.69, 9.17) is 4.63 Å². The Bertz CT molecular complexity index is 1560. The molecule has 0 saturated heterocycles. The van der Waals surface area contributed by atoms with Crippen molar-refractivity contribution in [1.29, 1.82) is 0 Å². The summed E-state index contributed by atoms with van der Waals surface area (Å²) >= 11 is 0. The van der Waals surface area contributed by atoms with Gasteiger partial charge in [-0.3, -0.25) is 24.6 Å². The molecule has 0 N–H and O–H groups in total. The summed E-state index contributed by atoms with van der Waals surface area (Å²) in [7, 11) is 3.43. The maximum atomic E-state index is 13.2. The lowest BCUT2D eigenvalue weighted by Gasteiger charge is -2.40. The Kier molecular flexibility index (Phi) is 5.14. The zero-order valence-corrected chi connectivity index (χ0v) is 20.1. The molecule has 0 saturated carbocycles. The number of nitro groups is 1. The summed E-state index contributed by atoms with van der Waals surface area (Å²) < 4.78 is 4.97. The van der Waals surface area contributed by atoms with Crippen molar-refractivity contribution >= 4 is 39.9 Å². The van der Waals surface area contributed by atoms with E-state index in [1.165, 1.54) is 4.90 Å². The lowest BCUT2D eigenvalue weighted by Crippen LogP contribution is -2.44. The molecule has 186 valence electrons. The van der Waals surface area contributed by atoms with Crippen molar-refractivity contribution in [3.8, 4) is 0 Å². The third-order valence-corrected chi connectivity index (χ3v) is 7.09. The van der Waals surface area contributed by atoms with Crippen molar-refractivity contribution in [3.05, 3.63) is 87.0 Å². The molecule has 0 radical (unpaired) electrons. The summed E-state index contributed by atoms with van der Waals surface area (Å²) in [5.41, 5.74) is 3.90. The monoisotopic (exact) mass is 498 g/mol. The van der Waals surface area contributed by atoms with E-state index in [0.29, 0.717) is 35.5 Å². The zero-order chi connectivity index (χ0) is 25.8. The van der Waals surface area contributed by atoms with Crippen LogP contribution in [-0.4, -0.2) is 59.1 Å². The average molecular weight is 498 g/mol. The highest BCUT2D eigenvalue weighted by Gasteiger charge is 2.40. The van der Waals surface area contributed by atoms with Gasteiger partial charge in [-0.25, -0.2) is 4.63 Å². The Balaban J connectivity index is 1.50. The number of aromatic nitrogens is 2. The van der Waals surface area contributed by atoms with Crippen molar-refractivity contribution in [2.75, 3.05) is 37.0 Å². The lowest BCUT2D eigenvalue weighted by atomic mass is 9.91. The second-order valence-electron chi connectivity index (χ2n) is 9.30. The fourth-order valence-corrected chi connectivity index (χ4v) is 5.35. The van der Waals surface area contributed by atoms with Crippen LogP contribution in [0.5, 0.6) is 0 Å². The van der Waals surface area contributed by atoms with Crippen LogP contribution in [0.2, 0.25) is 0 Å². The molecule has 37 heavy (non-hydrogen) atoms. The third-order valence-electron chi connectivity index (χ3n) is 7.09. The molecule has 0 fully saturated rings. The molecule has 2 aliphatic heterocycles. The number of carbonyl (C=O) groups excluding carboxylic acids is 2. The molecule has 1 atom stereocenters. The number of fused-ring (bicyclic) bond motifs is 3. The second kappa shape index (κ2) is 8.40. The minimum absolute atomic E-state index is 0.0459.